The Labute approximate surface area is 97.5 Å². The van der Waals surface area contributed by atoms with E-state index in [1.165, 1.54) is 0 Å². The molecule has 0 aromatic carbocycles. The Bertz CT molecular complexity index is 231. The first-order chi connectivity index (χ1) is 7.63. The third-order valence-corrected chi connectivity index (χ3v) is 2.33. The average Bonchev–Trinajstić information content (AvgIpc) is 2.20. The molecular formula is C13H22O3. The van der Waals surface area contributed by atoms with E-state index in [1.807, 2.05) is 6.08 Å². The summed E-state index contributed by atoms with van der Waals surface area (Å²) in [7, 11) is 0. The minimum atomic E-state index is -0.702. The zero-order valence-corrected chi connectivity index (χ0v) is 10.1. The molecule has 0 radical (unpaired) electrons. The summed E-state index contributed by atoms with van der Waals surface area (Å²) in [5, 5.41) is 8.42. The molecule has 16 heavy (non-hydrogen) atoms. The SMILES string of the molecule is CC(=O)C/C=C\CCCCCCCC(=O)O. The molecule has 92 valence electrons. The van der Waals surface area contributed by atoms with Crippen molar-refractivity contribution >= 4 is 11.8 Å². The van der Waals surface area contributed by atoms with Crippen LogP contribution in [0, 0.1) is 0 Å². The van der Waals surface area contributed by atoms with Crippen LogP contribution in [-0.4, -0.2) is 16.9 Å². The second kappa shape index (κ2) is 10.4. The van der Waals surface area contributed by atoms with E-state index >= 15 is 0 Å². The molecule has 0 saturated heterocycles. The summed E-state index contributed by atoms with van der Waals surface area (Å²) in [5.41, 5.74) is 0. The van der Waals surface area contributed by atoms with Gasteiger partial charge in [0, 0.05) is 12.8 Å². The largest absolute Gasteiger partial charge is 0.481 e. The van der Waals surface area contributed by atoms with Crippen LogP contribution in [0.3, 0.4) is 0 Å². The molecule has 0 aliphatic carbocycles. The molecule has 0 heterocycles. The predicted molar refractivity (Wildman–Crippen MR) is 64.4 cm³/mol. The standard InChI is InChI=1S/C13H22O3/c1-12(14)10-8-6-4-2-3-5-7-9-11-13(15)16/h6,8H,2-5,7,9-11H2,1H3,(H,15,16)/b8-6-. The highest BCUT2D eigenvalue weighted by Crippen LogP contribution is 2.07. The lowest BCUT2D eigenvalue weighted by atomic mass is 10.1. The number of carboxylic acids is 1. The van der Waals surface area contributed by atoms with E-state index in [0.29, 0.717) is 12.8 Å². The number of Topliss-reactive ketones (excluding diaryl/α,β-unsaturated/α-hetero) is 1. The van der Waals surface area contributed by atoms with Gasteiger partial charge in [0.2, 0.25) is 0 Å². The summed E-state index contributed by atoms with van der Waals surface area (Å²) in [6.45, 7) is 1.59. The van der Waals surface area contributed by atoms with Gasteiger partial charge in [-0.1, -0.05) is 31.4 Å². The van der Waals surface area contributed by atoms with Crippen LogP contribution in [0.1, 0.15) is 58.3 Å². The molecule has 1 N–H and O–H groups in total. The van der Waals surface area contributed by atoms with Crippen molar-refractivity contribution in [3.63, 3.8) is 0 Å². The molecule has 0 aromatic rings. The third-order valence-electron chi connectivity index (χ3n) is 2.33. The first-order valence-electron chi connectivity index (χ1n) is 5.99. The van der Waals surface area contributed by atoms with Crippen molar-refractivity contribution < 1.29 is 14.7 Å². The van der Waals surface area contributed by atoms with Crippen molar-refractivity contribution in [2.75, 3.05) is 0 Å². The van der Waals surface area contributed by atoms with Gasteiger partial charge in [0.05, 0.1) is 0 Å². The van der Waals surface area contributed by atoms with Gasteiger partial charge in [0.25, 0.3) is 0 Å². The Morgan fingerprint density at radius 3 is 2.25 bits per heavy atom. The Kier molecular flexibility index (Phi) is 9.67. The number of carbonyl (C=O) groups is 2. The predicted octanol–water partition coefficient (Wildman–Crippen LogP) is 3.34. The molecule has 0 fully saturated rings. The van der Waals surface area contributed by atoms with Gasteiger partial charge < -0.3 is 5.11 Å². The summed E-state index contributed by atoms with van der Waals surface area (Å²) in [6, 6.07) is 0. The highest BCUT2D eigenvalue weighted by atomic mass is 16.4. The molecule has 0 aliphatic rings. The number of carboxylic acid groups (broad SMARTS) is 1. The van der Waals surface area contributed by atoms with Crippen LogP contribution in [0.15, 0.2) is 12.2 Å². The van der Waals surface area contributed by atoms with E-state index in [9.17, 15) is 9.59 Å². The van der Waals surface area contributed by atoms with Gasteiger partial charge in [-0.25, -0.2) is 0 Å². The molecule has 0 bridgehead atoms. The van der Waals surface area contributed by atoms with Crippen LogP contribution in [0.25, 0.3) is 0 Å². The van der Waals surface area contributed by atoms with Crippen LogP contribution in [0.4, 0.5) is 0 Å². The molecule has 0 aromatic heterocycles. The summed E-state index contributed by atoms with van der Waals surface area (Å²) < 4.78 is 0. The van der Waals surface area contributed by atoms with Gasteiger partial charge in [0.15, 0.2) is 0 Å². The highest BCUT2D eigenvalue weighted by Gasteiger charge is 1.95. The van der Waals surface area contributed by atoms with Gasteiger partial charge in [0.1, 0.15) is 5.78 Å². The van der Waals surface area contributed by atoms with Crippen LogP contribution in [0.5, 0.6) is 0 Å². The lowest BCUT2D eigenvalue weighted by molar-refractivity contribution is -0.137. The number of carbonyl (C=O) groups excluding carboxylic acids is 1. The smallest absolute Gasteiger partial charge is 0.303 e. The Morgan fingerprint density at radius 2 is 1.62 bits per heavy atom. The Balaban J connectivity index is 3.12. The monoisotopic (exact) mass is 226 g/mol. The normalized spacial score (nSPS) is 10.8. The van der Waals surface area contributed by atoms with E-state index in [2.05, 4.69) is 6.08 Å². The lowest BCUT2D eigenvalue weighted by Crippen LogP contribution is -1.93. The molecule has 0 atom stereocenters. The van der Waals surface area contributed by atoms with Crippen molar-refractivity contribution in [2.24, 2.45) is 0 Å². The summed E-state index contributed by atoms with van der Waals surface area (Å²) in [6.07, 6.45) is 11.0. The summed E-state index contributed by atoms with van der Waals surface area (Å²) in [4.78, 5) is 20.8. The molecule has 3 nitrogen and oxygen atoms in total. The molecular weight excluding hydrogens is 204 g/mol. The summed E-state index contributed by atoms with van der Waals surface area (Å²) >= 11 is 0. The second-order valence-electron chi connectivity index (χ2n) is 4.08. The van der Waals surface area contributed by atoms with Crippen LogP contribution >= 0.6 is 0 Å². The maximum atomic E-state index is 10.6. The molecule has 0 rings (SSSR count). The number of hydrogen-bond acceptors (Lipinski definition) is 2. The number of ketones is 1. The maximum absolute atomic E-state index is 10.6. The van der Waals surface area contributed by atoms with Crippen molar-refractivity contribution in [1.29, 1.82) is 0 Å². The topological polar surface area (TPSA) is 54.4 Å². The quantitative estimate of drug-likeness (QED) is 0.459. The first kappa shape index (κ1) is 14.9. The number of hydrogen-bond donors (Lipinski definition) is 1. The van der Waals surface area contributed by atoms with E-state index < -0.39 is 5.97 Å². The minimum absolute atomic E-state index is 0.199. The van der Waals surface area contributed by atoms with Gasteiger partial charge in [-0.15, -0.1) is 0 Å². The number of unbranched alkanes of at least 4 members (excludes halogenated alkanes) is 5. The number of allylic oxidation sites excluding steroid dienone is 2. The Hall–Kier alpha value is -1.12. The fourth-order valence-corrected chi connectivity index (χ4v) is 1.44. The fourth-order valence-electron chi connectivity index (χ4n) is 1.44. The fraction of sp³-hybridized carbons (Fsp3) is 0.692. The molecule has 0 spiro atoms. The zero-order chi connectivity index (χ0) is 12.2. The number of rotatable bonds is 10. The van der Waals surface area contributed by atoms with E-state index in [-0.39, 0.29) is 5.78 Å². The van der Waals surface area contributed by atoms with Gasteiger partial charge in [-0.2, -0.15) is 0 Å². The van der Waals surface area contributed by atoms with Crippen molar-refractivity contribution in [1.82, 2.24) is 0 Å². The van der Waals surface area contributed by atoms with E-state index in [1.54, 1.807) is 6.92 Å². The lowest BCUT2D eigenvalue weighted by Gasteiger charge is -1.98. The van der Waals surface area contributed by atoms with Crippen molar-refractivity contribution in [3.05, 3.63) is 12.2 Å². The third kappa shape index (κ3) is 12.9. The Morgan fingerprint density at radius 1 is 1.00 bits per heavy atom. The minimum Gasteiger partial charge on any atom is -0.481 e. The van der Waals surface area contributed by atoms with Crippen molar-refractivity contribution in [3.8, 4) is 0 Å². The molecule has 0 unspecified atom stereocenters. The maximum Gasteiger partial charge on any atom is 0.303 e. The van der Waals surface area contributed by atoms with E-state index in [0.717, 1.165) is 38.5 Å². The molecule has 3 heteroatoms. The highest BCUT2D eigenvalue weighted by molar-refractivity contribution is 5.76. The zero-order valence-electron chi connectivity index (χ0n) is 10.1. The number of aliphatic carboxylic acids is 1. The van der Waals surface area contributed by atoms with Gasteiger partial charge in [-0.3, -0.25) is 9.59 Å². The second-order valence-corrected chi connectivity index (χ2v) is 4.08. The summed E-state index contributed by atoms with van der Waals surface area (Å²) in [5.74, 6) is -0.503. The first-order valence-corrected chi connectivity index (χ1v) is 5.99. The van der Waals surface area contributed by atoms with Gasteiger partial charge in [-0.05, 0) is 26.2 Å². The van der Waals surface area contributed by atoms with Crippen molar-refractivity contribution in [2.45, 2.75) is 58.3 Å². The van der Waals surface area contributed by atoms with E-state index in [4.69, 9.17) is 5.11 Å². The molecule has 0 aliphatic heterocycles. The average molecular weight is 226 g/mol. The van der Waals surface area contributed by atoms with Crippen LogP contribution < -0.4 is 0 Å². The van der Waals surface area contributed by atoms with Crippen LogP contribution in [0.2, 0.25) is 0 Å². The molecule has 0 amide bonds. The van der Waals surface area contributed by atoms with Gasteiger partial charge >= 0.3 is 5.97 Å². The van der Waals surface area contributed by atoms with Crippen LogP contribution in [-0.2, 0) is 9.59 Å². The molecule has 0 saturated carbocycles.